The number of anilines is 1. The fraction of sp³-hybridized carbons (Fsp3) is 0. The van der Waals surface area contributed by atoms with Crippen molar-refractivity contribution in [3.8, 4) is 0 Å². The van der Waals surface area contributed by atoms with Crippen molar-refractivity contribution in [3.63, 3.8) is 0 Å². The minimum Gasteiger partial charge on any atom is -0.366 e. The number of hydrogen-bond acceptors (Lipinski definition) is 3. The standard InChI is InChI=1S/C6H4BrClN4/c7-4-1-3(8)2-12-5(4)10-6(9)11-12/h1-2H,(H2,9,11). The zero-order chi connectivity index (χ0) is 8.72. The van der Waals surface area contributed by atoms with E-state index in [0.29, 0.717) is 10.7 Å². The lowest BCUT2D eigenvalue weighted by Crippen LogP contribution is -1.89. The second-order valence-corrected chi connectivity index (χ2v) is 3.54. The van der Waals surface area contributed by atoms with Gasteiger partial charge in [-0.15, -0.1) is 5.10 Å². The molecule has 0 aliphatic heterocycles. The molecule has 2 heterocycles. The molecule has 0 bridgehead atoms. The highest BCUT2D eigenvalue weighted by Gasteiger charge is 2.04. The summed E-state index contributed by atoms with van der Waals surface area (Å²) in [5.74, 6) is 0.234. The van der Waals surface area contributed by atoms with Gasteiger partial charge in [-0.1, -0.05) is 11.6 Å². The van der Waals surface area contributed by atoms with E-state index in [1.165, 1.54) is 4.52 Å². The number of nitrogen functional groups attached to an aromatic ring is 1. The maximum Gasteiger partial charge on any atom is 0.240 e. The molecule has 2 aromatic rings. The Kier molecular flexibility index (Phi) is 1.69. The fourth-order valence-corrected chi connectivity index (χ4v) is 1.78. The number of hydrogen-bond donors (Lipinski definition) is 1. The third-order valence-corrected chi connectivity index (χ3v) is 2.16. The maximum absolute atomic E-state index is 5.77. The van der Waals surface area contributed by atoms with E-state index in [1.54, 1.807) is 12.3 Å². The number of halogens is 2. The Morgan fingerprint density at radius 1 is 1.58 bits per heavy atom. The molecule has 62 valence electrons. The summed E-state index contributed by atoms with van der Waals surface area (Å²) >= 11 is 9.07. The lowest BCUT2D eigenvalue weighted by atomic mass is 10.5. The van der Waals surface area contributed by atoms with Crippen LogP contribution in [0.25, 0.3) is 5.65 Å². The van der Waals surface area contributed by atoms with Crippen molar-refractivity contribution in [3.05, 3.63) is 21.8 Å². The van der Waals surface area contributed by atoms with Gasteiger partial charge in [0.1, 0.15) is 0 Å². The summed E-state index contributed by atoms with van der Waals surface area (Å²) in [5.41, 5.74) is 6.07. The van der Waals surface area contributed by atoms with E-state index in [-0.39, 0.29) is 5.95 Å². The molecule has 2 rings (SSSR count). The Hall–Kier alpha value is -0.810. The highest BCUT2D eigenvalue weighted by atomic mass is 79.9. The molecule has 12 heavy (non-hydrogen) atoms. The lowest BCUT2D eigenvalue weighted by molar-refractivity contribution is 0.965. The Morgan fingerprint density at radius 3 is 3.08 bits per heavy atom. The summed E-state index contributed by atoms with van der Waals surface area (Å²) in [5, 5.41) is 4.49. The van der Waals surface area contributed by atoms with Crippen molar-refractivity contribution < 1.29 is 0 Å². The topological polar surface area (TPSA) is 56.2 Å². The van der Waals surface area contributed by atoms with Crippen molar-refractivity contribution in [2.45, 2.75) is 0 Å². The van der Waals surface area contributed by atoms with Crippen LogP contribution >= 0.6 is 27.5 Å². The van der Waals surface area contributed by atoms with Crippen LogP contribution in [-0.2, 0) is 0 Å². The summed E-state index contributed by atoms with van der Waals surface area (Å²) in [6.45, 7) is 0. The first-order chi connectivity index (χ1) is 5.66. The van der Waals surface area contributed by atoms with Gasteiger partial charge in [0.05, 0.1) is 9.50 Å². The van der Waals surface area contributed by atoms with E-state index >= 15 is 0 Å². The molecular formula is C6H4BrClN4. The van der Waals surface area contributed by atoms with Crippen LogP contribution in [0.2, 0.25) is 5.02 Å². The molecule has 0 unspecified atom stereocenters. The molecule has 0 amide bonds. The summed E-state index contributed by atoms with van der Waals surface area (Å²) < 4.78 is 2.31. The number of pyridine rings is 1. The number of fused-ring (bicyclic) bond motifs is 1. The molecule has 0 saturated heterocycles. The van der Waals surface area contributed by atoms with Gasteiger partial charge in [-0.05, 0) is 22.0 Å². The van der Waals surface area contributed by atoms with Crippen LogP contribution < -0.4 is 5.73 Å². The van der Waals surface area contributed by atoms with Gasteiger partial charge in [0.2, 0.25) is 5.95 Å². The molecule has 0 aliphatic rings. The van der Waals surface area contributed by atoms with Crippen LogP contribution in [0.1, 0.15) is 0 Å². The van der Waals surface area contributed by atoms with Gasteiger partial charge in [-0.25, -0.2) is 4.52 Å². The van der Waals surface area contributed by atoms with Gasteiger partial charge in [-0.3, -0.25) is 0 Å². The minimum atomic E-state index is 0.234. The first-order valence-electron chi connectivity index (χ1n) is 3.14. The molecule has 6 heteroatoms. The van der Waals surface area contributed by atoms with Crippen LogP contribution in [0, 0.1) is 0 Å². The highest BCUT2D eigenvalue weighted by Crippen LogP contribution is 2.21. The Morgan fingerprint density at radius 2 is 2.33 bits per heavy atom. The van der Waals surface area contributed by atoms with Gasteiger partial charge < -0.3 is 5.73 Å². The van der Waals surface area contributed by atoms with E-state index in [2.05, 4.69) is 26.0 Å². The van der Waals surface area contributed by atoms with Crippen molar-refractivity contribution in [2.24, 2.45) is 0 Å². The van der Waals surface area contributed by atoms with E-state index in [9.17, 15) is 0 Å². The maximum atomic E-state index is 5.77. The molecule has 2 N–H and O–H groups in total. The number of rotatable bonds is 0. The highest BCUT2D eigenvalue weighted by molar-refractivity contribution is 9.10. The van der Waals surface area contributed by atoms with Gasteiger partial charge in [0.15, 0.2) is 5.65 Å². The Balaban J connectivity index is 2.88. The molecule has 0 aliphatic carbocycles. The first-order valence-corrected chi connectivity index (χ1v) is 4.31. The lowest BCUT2D eigenvalue weighted by Gasteiger charge is -1.94. The molecule has 4 nitrogen and oxygen atoms in total. The molecular weight excluding hydrogens is 243 g/mol. The number of nitrogens with two attached hydrogens (primary N) is 1. The van der Waals surface area contributed by atoms with Gasteiger partial charge in [0.25, 0.3) is 0 Å². The third-order valence-electron chi connectivity index (χ3n) is 1.37. The largest absolute Gasteiger partial charge is 0.366 e. The van der Waals surface area contributed by atoms with Crippen LogP contribution in [0.5, 0.6) is 0 Å². The second kappa shape index (κ2) is 2.60. The molecule has 0 atom stereocenters. The Bertz CT molecular complexity index is 438. The molecule has 0 fully saturated rings. The average molecular weight is 247 g/mol. The van der Waals surface area contributed by atoms with E-state index in [4.69, 9.17) is 17.3 Å². The minimum absolute atomic E-state index is 0.234. The zero-order valence-electron chi connectivity index (χ0n) is 5.83. The van der Waals surface area contributed by atoms with Crippen molar-refractivity contribution in [1.82, 2.24) is 14.6 Å². The van der Waals surface area contributed by atoms with Crippen LogP contribution in [-0.4, -0.2) is 14.6 Å². The van der Waals surface area contributed by atoms with E-state index in [0.717, 1.165) is 4.47 Å². The first kappa shape index (κ1) is 7.82. The fourth-order valence-electron chi connectivity index (χ4n) is 0.932. The zero-order valence-corrected chi connectivity index (χ0v) is 8.17. The molecule has 0 saturated carbocycles. The second-order valence-electron chi connectivity index (χ2n) is 2.24. The predicted octanol–water partition coefficient (Wildman–Crippen LogP) is 1.73. The van der Waals surface area contributed by atoms with Gasteiger partial charge >= 0.3 is 0 Å². The van der Waals surface area contributed by atoms with Crippen LogP contribution in [0.15, 0.2) is 16.7 Å². The van der Waals surface area contributed by atoms with Crippen LogP contribution in [0.3, 0.4) is 0 Å². The van der Waals surface area contributed by atoms with E-state index < -0.39 is 0 Å². The summed E-state index contributed by atoms with van der Waals surface area (Å²) in [6, 6.07) is 1.74. The van der Waals surface area contributed by atoms with Gasteiger partial charge in [0, 0.05) is 6.20 Å². The summed E-state index contributed by atoms with van der Waals surface area (Å²) in [7, 11) is 0. The predicted molar refractivity (Wildman–Crippen MR) is 50.1 cm³/mol. The normalized spacial score (nSPS) is 10.8. The monoisotopic (exact) mass is 246 g/mol. The average Bonchev–Trinajstić information content (AvgIpc) is 2.29. The van der Waals surface area contributed by atoms with E-state index in [1.807, 2.05) is 0 Å². The molecule has 0 aromatic carbocycles. The number of aromatic nitrogens is 3. The quantitative estimate of drug-likeness (QED) is 0.771. The van der Waals surface area contributed by atoms with Crippen LogP contribution in [0.4, 0.5) is 5.95 Å². The Labute approximate surface area is 81.5 Å². The molecule has 0 radical (unpaired) electrons. The van der Waals surface area contributed by atoms with Gasteiger partial charge in [-0.2, -0.15) is 4.98 Å². The SMILES string of the molecule is Nc1nc2c(Br)cc(Cl)cn2n1. The van der Waals surface area contributed by atoms with Crippen molar-refractivity contribution in [2.75, 3.05) is 5.73 Å². The smallest absolute Gasteiger partial charge is 0.240 e. The third kappa shape index (κ3) is 1.15. The van der Waals surface area contributed by atoms with Crippen molar-refractivity contribution in [1.29, 1.82) is 0 Å². The number of nitrogens with zero attached hydrogens (tertiary/aromatic N) is 3. The van der Waals surface area contributed by atoms with Crippen molar-refractivity contribution >= 4 is 39.1 Å². The molecule has 2 aromatic heterocycles. The summed E-state index contributed by atoms with van der Waals surface area (Å²) in [6.07, 6.45) is 1.64. The summed E-state index contributed by atoms with van der Waals surface area (Å²) in [4.78, 5) is 3.98. The molecule has 0 spiro atoms.